The molecule has 0 saturated heterocycles. The molecule has 0 radical (unpaired) electrons. The van der Waals surface area contributed by atoms with Crippen molar-refractivity contribution in [1.82, 2.24) is 0 Å². The number of carboxylic acids is 1. The second kappa shape index (κ2) is 6.10. The summed E-state index contributed by atoms with van der Waals surface area (Å²) < 4.78 is 0.672. The third kappa shape index (κ3) is 3.31. The number of aryl methyl sites for hydroxylation is 2. The minimum atomic E-state index is -1.07. The summed E-state index contributed by atoms with van der Waals surface area (Å²) >= 11 is 3.35. The number of aromatic carboxylic acids is 1. The first-order valence-corrected chi connectivity index (χ1v) is 7.10. The van der Waals surface area contributed by atoms with Crippen molar-refractivity contribution >= 4 is 33.5 Å². The number of benzene rings is 2. The Bertz CT molecular complexity index is 725. The molecule has 0 aromatic heterocycles. The van der Waals surface area contributed by atoms with E-state index in [0.717, 1.165) is 5.56 Å². The molecule has 0 aliphatic carbocycles. The van der Waals surface area contributed by atoms with E-state index in [2.05, 4.69) is 21.2 Å². The average Bonchev–Trinajstić information content (AvgIpc) is 2.40. The average molecular weight is 348 g/mol. The van der Waals surface area contributed by atoms with Gasteiger partial charge in [0.25, 0.3) is 5.91 Å². The van der Waals surface area contributed by atoms with Gasteiger partial charge in [0, 0.05) is 4.47 Å². The second-order valence-corrected chi connectivity index (χ2v) is 5.59. The highest BCUT2D eigenvalue weighted by Gasteiger charge is 2.16. The molecule has 4 nitrogen and oxygen atoms in total. The first-order chi connectivity index (χ1) is 9.90. The zero-order valence-electron chi connectivity index (χ0n) is 11.6. The van der Waals surface area contributed by atoms with Crippen LogP contribution >= 0.6 is 15.9 Å². The van der Waals surface area contributed by atoms with Crippen molar-refractivity contribution in [3.63, 3.8) is 0 Å². The van der Waals surface area contributed by atoms with Crippen molar-refractivity contribution in [3.05, 3.63) is 63.1 Å². The Hall–Kier alpha value is -2.14. The van der Waals surface area contributed by atoms with E-state index in [-0.39, 0.29) is 11.5 Å². The lowest BCUT2D eigenvalue weighted by molar-refractivity contribution is 0.0698. The molecule has 21 heavy (non-hydrogen) atoms. The number of anilines is 1. The number of rotatable bonds is 3. The normalized spacial score (nSPS) is 10.2. The standard InChI is InChI=1S/C16H14BrNO3/c1-9-6-7-11(13(17)8-9)15(19)18-14-10(2)4-3-5-12(14)16(20)21/h3-8H,1-2H3,(H,18,19)(H,20,21). The zero-order valence-corrected chi connectivity index (χ0v) is 13.2. The number of halogens is 1. The van der Waals surface area contributed by atoms with Gasteiger partial charge in [-0.2, -0.15) is 0 Å². The van der Waals surface area contributed by atoms with E-state index in [1.54, 1.807) is 25.1 Å². The predicted octanol–water partition coefficient (Wildman–Crippen LogP) is 4.02. The van der Waals surface area contributed by atoms with Crippen LogP contribution in [0.2, 0.25) is 0 Å². The Balaban J connectivity index is 2.38. The monoisotopic (exact) mass is 347 g/mol. The first-order valence-electron chi connectivity index (χ1n) is 6.30. The van der Waals surface area contributed by atoms with Crippen LogP contribution in [0.25, 0.3) is 0 Å². The van der Waals surface area contributed by atoms with Crippen LogP contribution in [0.4, 0.5) is 5.69 Å². The lowest BCUT2D eigenvalue weighted by Gasteiger charge is -2.12. The summed E-state index contributed by atoms with van der Waals surface area (Å²) in [4.78, 5) is 23.6. The van der Waals surface area contributed by atoms with E-state index in [1.807, 2.05) is 19.1 Å². The molecule has 0 spiro atoms. The highest BCUT2D eigenvalue weighted by Crippen LogP contribution is 2.24. The maximum atomic E-state index is 12.3. The van der Waals surface area contributed by atoms with Crippen molar-refractivity contribution in [2.24, 2.45) is 0 Å². The molecule has 108 valence electrons. The Morgan fingerprint density at radius 3 is 2.43 bits per heavy atom. The summed E-state index contributed by atoms with van der Waals surface area (Å²) in [6.07, 6.45) is 0. The number of amides is 1. The molecule has 2 N–H and O–H groups in total. The van der Waals surface area contributed by atoms with Crippen molar-refractivity contribution < 1.29 is 14.7 Å². The van der Waals surface area contributed by atoms with Gasteiger partial charge in [-0.15, -0.1) is 0 Å². The molecule has 0 unspecified atom stereocenters. The minimum absolute atomic E-state index is 0.0755. The van der Waals surface area contributed by atoms with E-state index in [1.165, 1.54) is 6.07 Å². The van der Waals surface area contributed by atoms with E-state index >= 15 is 0 Å². The highest BCUT2D eigenvalue weighted by molar-refractivity contribution is 9.10. The SMILES string of the molecule is Cc1ccc(C(=O)Nc2c(C)cccc2C(=O)O)c(Br)c1. The van der Waals surface area contributed by atoms with Gasteiger partial charge in [-0.1, -0.05) is 18.2 Å². The summed E-state index contributed by atoms with van der Waals surface area (Å²) in [6, 6.07) is 10.2. The molecule has 0 aliphatic heterocycles. The number of para-hydroxylation sites is 1. The van der Waals surface area contributed by atoms with Crippen LogP contribution in [0.15, 0.2) is 40.9 Å². The summed E-state index contributed by atoms with van der Waals surface area (Å²) in [7, 11) is 0. The van der Waals surface area contributed by atoms with Crippen LogP contribution in [0.1, 0.15) is 31.8 Å². The molecule has 0 bridgehead atoms. The van der Waals surface area contributed by atoms with Gasteiger partial charge < -0.3 is 10.4 Å². The number of hydrogen-bond acceptors (Lipinski definition) is 2. The molecule has 0 aliphatic rings. The fourth-order valence-electron chi connectivity index (χ4n) is 2.00. The van der Waals surface area contributed by atoms with E-state index in [0.29, 0.717) is 21.3 Å². The van der Waals surface area contributed by atoms with E-state index < -0.39 is 5.97 Å². The Morgan fingerprint density at radius 1 is 1.10 bits per heavy atom. The minimum Gasteiger partial charge on any atom is -0.478 e. The Kier molecular flexibility index (Phi) is 4.43. The van der Waals surface area contributed by atoms with Crippen LogP contribution in [-0.4, -0.2) is 17.0 Å². The van der Waals surface area contributed by atoms with Gasteiger partial charge in [-0.3, -0.25) is 4.79 Å². The summed E-state index contributed by atoms with van der Waals surface area (Å²) in [5.41, 5.74) is 2.58. The molecule has 0 saturated carbocycles. The molecule has 2 aromatic rings. The lowest BCUT2D eigenvalue weighted by Crippen LogP contribution is -2.16. The fourth-order valence-corrected chi connectivity index (χ4v) is 2.67. The van der Waals surface area contributed by atoms with Crippen molar-refractivity contribution in [2.75, 3.05) is 5.32 Å². The molecule has 1 amide bonds. The third-order valence-corrected chi connectivity index (χ3v) is 3.77. The van der Waals surface area contributed by atoms with E-state index in [9.17, 15) is 14.7 Å². The highest BCUT2D eigenvalue weighted by atomic mass is 79.9. The maximum absolute atomic E-state index is 12.3. The van der Waals surface area contributed by atoms with Crippen LogP contribution in [0.3, 0.4) is 0 Å². The van der Waals surface area contributed by atoms with Crippen molar-refractivity contribution in [3.8, 4) is 0 Å². The third-order valence-electron chi connectivity index (χ3n) is 3.11. The van der Waals surface area contributed by atoms with Gasteiger partial charge in [0.15, 0.2) is 0 Å². The molecular weight excluding hydrogens is 334 g/mol. The molecule has 2 aromatic carbocycles. The van der Waals surface area contributed by atoms with Gasteiger partial charge in [0.05, 0.1) is 16.8 Å². The number of carboxylic acid groups (broad SMARTS) is 1. The van der Waals surface area contributed by atoms with E-state index in [4.69, 9.17) is 0 Å². The van der Waals surface area contributed by atoms with Crippen molar-refractivity contribution in [2.45, 2.75) is 13.8 Å². The van der Waals surface area contributed by atoms with Gasteiger partial charge in [-0.05, 0) is 59.1 Å². The summed E-state index contributed by atoms with van der Waals surface area (Å²) in [6.45, 7) is 3.68. The predicted molar refractivity (Wildman–Crippen MR) is 85.0 cm³/mol. The number of hydrogen-bond donors (Lipinski definition) is 2. The molecule has 0 fully saturated rings. The fraction of sp³-hybridized carbons (Fsp3) is 0.125. The Morgan fingerprint density at radius 2 is 1.81 bits per heavy atom. The quantitative estimate of drug-likeness (QED) is 0.881. The summed E-state index contributed by atoms with van der Waals surface area (Å²) in [5, 5.41) is 11.9. The number of carbonyl (C=O) groups is 2. The molecule has 0 atom stereocenters. The number of carbonyl (C=O) groups excluding carboxylic acids is 1. The van der Waals surface area contributed by atoms with Gasteiger partial charge in [-0.25, -0.2) is 4.79 Å². The van der Waals surface area contributed by atoms with Crippen LogP contribution in [-0.2, 0) is 0 Å². The van der Waals surface area contributed by atoms with Crippen LogP contribution in [0.5, 0.6) is 0 Å². The van der Waals surface area contributed by atoms with Crippen LogP contribution in [0, 0.1) is 13.8 Å². The van der Waals surface area contributed by atoms with Crippen molar-refractivity contribution in [1.29, 1.82) is 0 Å². The second-order valence-electron chi connectivity index (χ2n) is 4.74. The topological polar surface area (TPSA) is 66.4 Å². The Labute approximate surface area is 130 Å². The smallest absolute Gasteiger partial charge is 0.337 e. The molecule has 5 heteroatoms. The zero-order chi connectivity index (χ0) is 15.6. The largest absolute Gasteiger partial charge is 0.478 e. The maximum Gasteiger partial charge on any atom is 0.337 e. The lowest BCUT2D eigenvalue weighted by atomic mass is 10.1. The van der Waals surface area contributed by atoms with Gasteiger partial charge >= 0.3 is 5.97 Å². The van der Waals surface area contributed by atoms with Crippen LogP contribution < -0.4 is 5.32 Å². The van der Waals surface area contributed by atoms with Gasteiger partial charge in [0.1, 0.15) is 0 Å². The number of nitrogens with one attached hydrogen (secondary N) is 1. The summed E-state index contributed by atoms with van der Waals surface area (Å²) in [5.74, 6) is -1.42. The molecule has 2 rings (SSSR count). The molecule has 0 heterocycles. The molecular formula is C16H14BrNO3. The van der Waals surface area contributed by atoms with Gasteiger partial charge in [0.2, 0.25) is 0 Å². The first kappa shape index (κ1) is 15.3.